The first-order chi connectivity index (χ1) is 11.2. The maximum atomic E-state index is 13.0. The highest BCUT2D eigenvalue weighted by Crippen LogP contribution is 2.15. The van der Waals surface area contributed by atoms with E-state index in [1.807, 2.05) is 12.4 Å². The summed E-state index contributed by atoms with van der Waals surface area (Å²) in [6, 6.07) is 6.73. The molecule has 0 radical (unpaired) electrons. The number of rotatable bonds is 5. The van der Waals surface area contributed by atoms with E-state index in [1.165, 1.54) is 12.1 Å². The quantitative estimate of drug-likeness (QED) is 0.908. The van der Waals surface area contributed by atoms with Crippen molar-refractivity contribution in [1.29, 1.82) is 0 Å². The molecule has 23 heavy (non-hydrogen) atoms. The molecule has 6 heteroatoms. The Morgan fingerprint density at radius 3 is 2.78 bits per heavy atom. The minimum atomic E-state index is -0.242. The van der Waals surface area contributed by atoms with E-state index in [4.69, 9.17) is 0 Å². The average molecular weight is 318 g/mol. The molecule has 0 spiro atoms. The average Bonchev–Trinajstić information content (AvgIpc) is 3.00. The maximum Gasteiger partial charge on any atom is 0.123 e. The van der Waals surface area contributed by atoms with Crippen molar-refractivity contribution in [2.75, 3.05) is 33.3 Å². The molecule has 3 rings (SSSR count). The molecular formula is C17H23FN4O. The van der Waals surface area contributed by atoms with Gasteiger partial charge in [-0.3, -0.25) is 4.90 Å². The molecule has 124 valence electrons. The molecule has 1 aromatic heterocycles. The second-order valence-corrected chi connectivity index (χ2v) is 6.15. The number of piperazine rings is 1. The van der Waals surface area contributed by atoms with Crippen LogP contribution >= 0.6 is 0 Å². The third kappa shape index (κ3) is 3.96. The predicted molar refractivity (Wildman–Crippen MR) is 86.9 cm³/mol. The van der Waals surface area contributed by atoms with Crippen molar-refractivity contribution in [3.63, 3.8) is 0 Å². The third-order valence-electron chi connectivity index (χ3n) is 4.46. The summed E-state index contributed by atoms with van der Waals surface area (Å²) in [7, 11) is 2.12. The molecule has 5 nitrogen and oxygen atoms in total. The number of hydrogen-bond donors (Lipinski definition) is 1. The Labute approximate surface area is 135 Å². The molecule has 1 aliphatic rings. The minimum absolute atomic E-state index is 0.228. The topological polar surface area (TPSA) is 44.5 Å². The number of likely N-dealkylation sites (N-methyl/N-ethyl adjacent to an activating group) is 1. The first-order valence-electron chi connectivity index (χ1n) is 7.98. The van der Waals surface area contributed by atoms with Crippen molar-refractivity contribution in [3.8, 4) is 5.69 Å². The Kier molecular flexibility index (Phi) is 5.05. The summed E-state index contributed by atoms with van der Waals surface area (Å²) < 4.78 is 14.8. The summed E-state index contributed by atoms with van der Waals surface area (Å²) in [6.45, 7) is 4.05. The van der Waals surface area contributed by atoms with Crippen molar-refractivity contribution < 1.29 is 9.50 Å². The number of hydrogen-bond acceptors (Lipinski definition) is 4. The SMILES string of the molecule is CN1CCN(Cc2cnn(-c3ccc(F)cc3)c2)C[C@H]1CCO. The lowest BCUT2D eigenvalue weighted by Gasteiger charge is -2.39. The van der Waals surface area contributed by atoms with Crippen molar-refractivity contribution in [1.82, 2.24) is 19.6 Å². The van der Waals surface area contributed by atoms with Crippen LogP contribution in [-0.2, 0) is 6.54 Å². The van der Waals surface area contributed by atoms with Crippen LogP contribution in [0.1, 0.15) is 12.0 Å². The van der Waals surface area contributed by atoms with Gasteiger partial charge in [-0.1, -0.05) is 0 Å². The second kappa shape index (κ2) is 7.21. The van der Waals surface area contributed by atoms with E-state index < -0.39 is 0 Å². The van der Waals surface area contributed by atoms with Gasteiger partial charge in [0.25, 0.3) is 0 Å². The van der Waals surface area contributed by atoms with Crippen LogP contribution in [0.15, 0.2) is 36.7 Å². The molecule has 0 amide bonds. The molecule has 0 unspecified atom stereocenters. The maximum absolute atomic E-state index is 13.0. The van der Waals surface area contributed by atoms with Gasteiger partial charge in [-0.05, 0) is 37.7 Å². The van der Waals surface area contributed by atoms with Crippen LogP contribution in [0.3, 0.4) is 0 Å². The van der Waals surface area contributed by atoms with E-state index in [2.05, 4.69) is 21.9 Å². The monoisotopic (exact) mass is 318 g/mol. The van der Waals surface area contributed by atoms with Crippen LogP contribution in [0.2, 0.25) is 0 Å². The third-order valence-corrected chi connectivity index (χ3v) is 4.46. The summed E-state index contributed by atoms with van der Waals surface area (Å²) >= 11 is 0. The van der Waals surface area contributed by atoms with E-state index >= 15 is 0 Å². The van der Waals surface area contributed by atoms with Gasteiger partial charge in [0.1, 0.15) is 5.82 Å². The van der Waals surface area contributed by atoms with Crippen LogP contribution in [-0.4, -0.2) is 64.0 Å². The Morgan fingerprint density at radius 2 is 2.04 bits per heavy atom. The lowest BCUT2D eigenvalue weighted by atomic mass is 10.1. The van der Waals surface area contributed by atoms with Gasteiger partial charge in [0.2, 0.25) is 0 Å². The summed E-state index contributed by atoms with van der Waals surface area (Å²) in [4.78, 5) is 4.71. The number of halogens is 1. The molecule has 0 bridgehead atoms. The highest BCUT2D eigenvalue weighted by molar-refractivity contribution is 5.31. The second-order valence-electron chi connectivity index (χ2n) is 6.15. The van der Waals surface area contributed by atoms with Crippen LogP contribution in [0.5, 0.6) is 0 Å². The molecule has 0 aliphatic carbocycles. The van der Waals surface area contributed by atoms with E-state index in [1.54, 1.807) is 16.8 Å². The fourth-order valence-corrected chi connectivity index (χ4v) is 3.05. The van der Waals surface area contributed by atoms with Gasteiger partial charge in [0, 0.05) is 50.6 Å². The van der Waals surface area contributed by atoms with E-state index in [-0.39, 0.29) is 12.4 Å². The van der Waals surface area contributed by atoms with Crippen molar-refractivity contribution in [3.05, 3.63) is 48.0 Å². The van der Waals surface area contributed by atoms with Gasteiger partial charge in [-0.2, -0.15) is 5.10 Å². The zero-order valence-electron chi connectivity index (χ0n) is 13.4. The lowest BCUT2D eigenvalue weighted by molar-refractivity contribution is 0.0743. The number of aromatic nitrogens is 2. The van der Waals surface area contributed by atoms with E-state index in [9.17, 15) is 9.50 Å². The van der Waals surface area contributed by atoms with E-state index in [0.29, 0.717) is 6.04 Å². The molecule has 1 saturated heterocycles. The van der Waals surface area contributed by atoms with Gasteiger partial charge in [0.05, 0.1) is 11.9 Å². The van der Waals surface area contributed by atoms with Crippen molar-refractivity contribution in [2.45, 2.75) is 19.0 Å². The zero-order chi connectivity index (χ0) is 16.2. The number of nitrogens with zero attached hydrogens (tertiary/aromatic N) is 4. The number of aliphatic hydroxyl groups excluding tert-OH is 1. The van der Waals surface area contributed by atoms with Gasteiger partial charge in [-0.15, -0.1) is 0 Å². The molecule has 2 heterocycles. The molecular weight excluding hydrogens is 295 g/mol. The molecule has 2 aromatic rings. The Morgan fingerprint density at radius 1 is 1.26 bits per heavy atom. The normalized spacial score (nSPS) is 20.0. The summed E-state index contributed by atoms with van der Waals surface area (Å²) in [5.41, 5.74) is 2.00. The van der Waals surface area contributed by atoms with Crippen LogP contribution in [0.4, 0.5) is 4.39 Å². The molecule has 1 atom stereocenters. The molecule has 0 saturated carbocycles. The predicted octanol–water partition coefficient (Wildman–Crippen LogP) is 1.51. The molecule has 1 aliphatic heterocycles. The molecule has 1 N–H and O–H groups in total. The Balaban J connectivity index is 1.63. The summed E-state index contributed by atoms with van der Waals surface area (Å²) in [5, 5.41) is 13.5. The molecule has 1 aromatic carbocycles. The number of aliphatic hydroxyl groups is 1. The first-order valence-corrected chi connectivity index (χ1v) is 7.98. The summed E-state index contributed by atoms with van der Waals surface area (Å²) in [6.07, 6.45) is 4.66. The minimum Gasteiger partial charge on any atom is -0.396 e. The van der Waals surface area contributed by atoms with Gasteiger partial charge < -0.3 is 10.0 Å². The molecule has 1 fully saturated rings. The highest BCUT2D eigenvalue weighted by Gasteiger charge is 2.23. The lowest BCUT2D eigenvalue weighted by Crippen LogP contribution is -2.51. The van der Waals surface area contributed by atoms with Crippen LogP contribution in [0, 0.1) is 5.82 Å². The van der Waals surface area contributed by atoms with Crippen LogP contribution in [0.25, 0.3) is 5.69 Å². The first kappa shape index (κ1) is 16.1. The van der Waals surface area contributed by atoms with E-state index in [0.717, 1.165) is 43.9 Å². The van der Waals surface area contributed by atoms with Crippen molar-refractivity contribution in [2.24, 2.45) is 0 Å². The zero-order valence-corrected chi connectivity index (χ0v) is 13.4. The Bertz CT molecular complexity index is 628. The van der Waals surface area contributed by atoms with Gasteiger partial charge >= 0.3 is 0 Å². The fourth-order valence-electron chi connectivity index (χ4n) is 3.05. The van der Waals surface area contributed by atoms with Crippen molar-refractivity contribution >= 4 is 0 Å². The summed E-state index contributed by atoms with van der Waals surface area (Å²) in [5.74, 6) is -0.242. The highest BCUT2D eigenvalue weighted by atomic mass is 19.1. The van der Waals surface area contributed by atoms with Gasteiger partial charge in [-0.25, -0.2) is 9.07 Å². The number of benzene rings is 1. The van der Waals surface area contributed by atoms with Gasteiger partial charge in [0.15, 0.2) is 0 Å². The largest absolute Gasteiger partial charge is 0.396 e. The standard InChI is InChI=1S/C17H23FN4O/c1-20-7-8-21(13-17(20)6-9-23)11-14-10-19-22(12-14)16-4-2-15(18)3-5-16/h2-5,10,12,17,23H,6-9,11,13H2,1H3/t17-/m1/s1. The smallest absolute Gasteiger partial charge is 0.123 e. The fraction of sp³-hybridized carbons (Fsp3) is 0.471. The van der Waals surface area contributed by atoms with Crippen LogP contribution < -0.4 is 0 Å². The Hall–Kier alpha value is -1.76.